The number of likely N-dealkylation sites (N-methyl/N-ethyl adjacent to an activating group) is 4. The summed E-state index contributed by atoms with van der Waals surface area (Å²) in [5.74, 6) is -6.78. The Morgan fingerprint density at radius 1 is 0.725 bits per heavy atom. The largest absolute Gasteiger partial charge is 0.450 e. The predicted octanol–water partition coefficient (Wildman–Crippen LogP) is 2.80. The van der Waals surface area contributed by atoms with Gasteiger partial charge in [0.2, 0.25) is 35.4 Å². The average Bonchev–Trinajstić information content (AvgIpc) is 3.83. The number of aliphatic hydroxyl groups is 1. The molecule has 10 atom stereocenters. The molecular formula is C51H86N8O10. The first-order valence-corrected chi connectivity index (χ1v) is 24.8. The van der Waals surface area contributed by atoms with Gasteiger partial charge in [0.15, 0.2) is 12.1 Å². The Morgan fingerprint density at radius 2 is 1.25 bits per heavy atom. The maximum atomic E-state index is 14.6. The van der Waals surface area contributed by atoms with Crippen LogP contribution in [0, 0.1) is 29.6 Å². The van der Waals surface area contributed by atoms with Crippen LogP contribution in [0.25, 0.3) is 0 Å². The second-order valence-corrected chi connectivity index (χ2v) is 20.6. The van der Waals surface area contributed by atoms with Gasteiger partial charge in [-0.3, -0.25) is 33.6 Å². The van der Waals surface area contributed by atoms with Crippen molar-refractivity contribution in [3.8, 4) is 0 Å². The Labute approximate surface area is 411 Å². The van der Waals surface area contributed by atoms with E-state index in [1.807, 2.05) is 58.0 Å². The summed E-state index contributed by atoms with van der Waals surface area (Å²) in [6.07, 6.45) is 1.30. The van der Waals surface area contributed by atoms with Crippen LogP contribution in [0.3, 0.4) is 0 Å². The van der Waals surface area contributed by atoms with Crippen molar-refractivity contribution in [2.75, 3.05) is 34.7 Å². The third-order valence-electron chi connectivity index (χ3n) is 13.2. The number of nitrogens with one attached hydrogen (secondary N) is 5. The van der Waals surface area contributed by atoms with E-state index < -0.39 is 113 Å². The number of amides is 7. The highest BCUT2D eigenvalue weighted by Crippen LogP contribution is 2.25. The molecule has 0 aliphatic carbocycles. The quantitative estimate of drug-likeness (QED) is 0.0739. The number of carbonyl (C=O) groups is 8. The molecule has 390 valence electrons. The number of carbonyl (C=O) groups excluding carboxylic acids is 8. The molecule has 2 rings (SSSR count). The molecule has 1 aliphatic heterocycles. The lowest BCUT2D eigenvalue weighted by Crippen LogP contribution is -2.63. The maximum absolute atomic E-state index is 14.6. The van der Waals surface area contributed by atoms with E-state index in [1.54, 1.807) is 41.5 Å². The van der Waals surface area contributed by atoms with Gasteiger partial charge in [0, 0.05) is 40.5 Å². The highest BCUT2D eigenvalue weighted by atomic mass is 16.6. The summed E-state index contributed by atoms with van der Waals surface area (Å²) in [7, 11) is 5.70. The van der Waals surface area contributed by atoms with E-state index >= 15 is 0 Å². The van der Waals surface area contributed by atoms with Crippen molar-refractivity contribution in [2.24, 2.45) is 29.6 Å². The van der Waals surface area contributed by atoms with Crippen LogP contribution in [-0.4, -0.2) is 156 Å². The van der Waals surface area contributed by atoms with Crippen LogP contribution in [-0.2, 0) is 49.5 Å². The molecule has 0 aromatic heterocycles. The zero-order valence-corrected chi connectivity index (χ0v) is 44.3. The fourth-order valence-corrected chi connectivity index (χ4v) is 8.94. The van der Waals surface area contributed by atoms with E-state index in [0.29, 0.717) is 25.8 Å². The summed E-state index contributed by atoms with van der Waals surface area (Å²) in [4.78, 5) is 116. The third kappa shape index (κ3) is 16.8. The van der Waals surface area contributed by atoms with Gasteiger partial charge in [-0.05, 0) is 75.3 Å². The highest BCUT2D eigenvalue weighted by molar-refractivity contribution is 5.97. The minimum atomic E-state index is -1.94. The van der Waals surface area contributed by atoms with Crippen molar-refractivity contribution >= 4 is 47.3 Å². The number of ether oxygens (including phenoxy) is 1. The Bertz CT molecular complexity index is 1880. The first-order valence-electron chi connectivity index (χ1n) is 24.8. The zero-order valence-electron chi connectivity index (χ0n) is 44.3. The number of hydrogen-bond donors (Lipinski definition) is 6. The van der Waals surface area contributed by atoms with Crippen molar-refractivity contribution in [1.29, 1.82) is 0 Å². The van der Waals surface area contributed by atoms with Gasteiger partial charge in [-0.2, -0.15) is 0 Å². The fourth-order valence-electron chi connectivity index (χ4n) is 8.94. The number of esters is 1. The third-order valence-corrected chi connectivity index (χ3v) is 13.2. The van der Waals surface area contributed by atoms with E-state index in [0.717, 1.165) is 16.9 Å². The second kappa shape index (κ2) is 27.3. The van der Waals surface area contributed by atoms with Gasteiger partial charge in [-0.1, -0.05) is 106 Å². The summed E-state index contributed by atoms with van der Waals surface area (Å²) in [6.45, 7) is 21.4. The van der Waals surface area contributed by atoms with E-state index in [-0.39, 0.29) is 30.6 Å². The molecule has 0 unspecified atom stereocenters. The molecule has 0 spiro atoms. The van der Waals surface area contributed by atoms with Gasteiger partial charge >= 0.3 is 5.97 Å². The van der Waals surface area contributed by atoms with Crippen LogP contribution < -0.4 is 26.6 Å². The zero-order chi connectivity index (χ0) is 52.7. The molecule has 1 heterocycles. The first-order chi connectivity index (χ1) is 32.1. The van der Waals surface area contributed by atoms with Crippen molar-refractivity contribution in [3.05, 3.63) is 35.9 Å². The number of nitrogens with zero attached hydrogens (tertiary/aromatic N) is 3. The molecular weight excluding hydrogens is 885 g/mol. The molecule has 0 bridgehead atoms. The molecule has 18 heteroatoms. The SMILES string of the molecule is CC[C@H](C)[C@H](NC(=O)[C@@H]1CCCN1)C(=O)N(C)[C@H](C(=O)N[C@@H](CC(C)C)C(=O)N(C)[C@H](C(=O)O[C@@H](C(=O)N(C)[C@H](C(=O)N[C@@H](Cc1ccccc1)C(=O)NC)C(C)C)[C@@H](C)CC)C(C)(C)O)C(C)C. The lowest BCUT2D eigenvalue weighted by Gasteiger charge is -2.39. The molecule has 0 saturated carbocycles. The van der Waals surface area contributed by atoms with E-state index in [1.165, 1.54) is 51.8 Å². The Hall–Kier alpha value is -5.10. The van der Waals surface area contributed by atoms with Gasteiger partial charge in [-0.25, -0.2) is 4.79 Å². The smallest absolute Gasteiger partial charge is 0.332 e. The molecule has 6 N–H and O–H groups in total. The summed E-state index contributed by atoms with van der Waals surface area (Å²) in [5.41, 5.74) is -1.12. The number of hydrogen-bond acceptors (Lipinski definition) is 11. The van der Waals surface area contributed by atoms with E-state index in [2.05, 4.69) is 26.6 Å². The minimum Gasteiger partial charge on any atom is -0.450 e. The number of benzene rings is 1. The predicted molar refractivity (Wildman–Crippen MR) is 265 cm³/mol. The molecule has 1 aromatic rings. The van der Waals surface area contributed by atoms with Gasteiger partial charge in [0.1, 0.15) is 30.2 Å². The van der Waals surface area contributed by atoms with Crippen LogP contribution in [0.2, 0.25) is 0 Å². The molecule has 18 nitrogen and oxygen atoms in total. The standard InChI is InChI=1S/C51H86N8O10/c1-17-32(9)38(56-44(61)35-25-22-26-53-35)48(65)57(14)39(30(5)6)46(63)55-37(27-29(3)4)47(64)59(16)42(51(11,12)68)50(67)69-41(33(10)18-2)49(66)58(15)40(31(7)8)45(62)54-36(43(60)52-13)28-34-23-20-19-21-24-34/h19-21,23-24,29-33,35-42,53,68H,17-18,22,25-28H2,1-16H3,(H,52,60)(H,54,62)(H,55,63)(H,56,61)/t32-,33-,35-,36-,37-,38-,39-,40-,41+,42+/m0/s1. The maximum Gasteiger partial charge on any atom is 0.332 e. The van der Waals surface area contributed by atoms with E-state index in [9.17, 15) is 43.5 Å². The van der Waals surface area contributed by atoms with Crippen molar-refractivity contribution in [2.45, 2.75) is 176 Å². The Kier molecular flexibility index (Phi) is 23.8. The van der Waals surface area contributed by atoms with Gasteiger partial charge in [0.25, 0.3) is 5.91 Å². The van der Waals surface area contributed by atoms with Crippen molar-refractivity contribution in [3.63, 3.8) is 0 Å². The molecule has 7 amide bonds. The van der Waals surface area contributed by atoms with Crippen molar-refractivity contribution < 1.29 is 48.2 Å². The lowest BCUT2D eigenvalue weighted by atomic mass is 9.93. The van der Waals surface area contributed by atoms with E-state index in [4.69, 9.17) is 4.74 Å². The molecule has 1 fully saturated rings. The summed E-state index contributed by atoms with van der Waals surface area (Å²) in [5, 5.41) is 25.9. The molecule has 1 aliphatic rings. The Balaban J connectivity index is 2.45. The minimum absolute atomic E-state index is 0.120. The summed E-state index contributed by atoms with van der Waals surface area (Å²) < 4.78 is 6.01. The molecule has 1 saturated heterocycles. The fraction of sp³-hybridized carbons (Fsp3) is 0.725. The van der Waals surface area contributed by atoms with Crippen LogP contribution in [0.1, 0.15) is 121 Å². The van der Waals surface area contributed by atoms with Crippen molar-refractivity contribution in [1.82, 2.24) is 41.3 Å². The molecule has 0 radical (unpaired) electrons. The summed E-state index contributed by atoms with van der Waals surface area (Å²) in [6, 6.07) is 1.81. The van der Waals surface area contributed by atoms with Gasteiger partial charge in [-0.15, -0.1) is 0 Å². The monoisotopic (exact) mass is 971 g/mol. The molecule has 69 heavy (non-hydrogen) atoms. The number of rotatable bonds is 26. The topological polar surface area (TPSA) is 236 Å². The summed E-state index contributed by atoms with van der Waals surface area (Å²) >= 11 is 0. The normalized spacial score (nSPS) is 17.8. The average molecular weight is 971 g/mol. The van der Waals surface area contributed by atoms with Crippen LogP contribution in [0.15, 0.2) is 30.3 Å². The van der Waals surface area contributed by atoms with Crippen LogP contribution in [0.4, 0.5) is 0 Å². The second-order valence-electron chi connectivity index (χ2n) is 20.6. The Morgan fingerprint density at radius 3 is 1.70 bits per heavy atom. The van der Waals surface area contributed by atoms with Crippen LogP contribution in [0.5, 0.6) is 0 Å². The van der Waals surface area contributed by atoms with Gasteiger partial charge in [0.05, 0.1) is 11.6 Å². The van der Waals surface area contributed by atoms with Crippen LogP contribution >= 0.6 is 0 Å². The highest BCUT2D eigenvalue weighted by Gasteiger charge is 2.46. The van der Waals surface area contributed by atoms with Gasteiger partial charge < -0.3 is 51.1 Å². The first kappa shape index (κ1) is 60.0. The molecule has 1 aromatic carbocycles. The lowest BCUT2D eigenvalue weighted by molar-refractivity contribution is -0.177.